The van der Waals surface area contributed by atoms with Crippen molar-refractivity contribution in [3.8, 4) is 0 Å². The van der Waals surface area contributed by atoms with Gasteiger partial charge >= 0.3 is 5.97 Å². The maximum absolute atomic E-state index is 9.80. The molecule has 6 nitrogen and oxygen atoms in total. The van der Waals surface area contributed by atoms with E-state index in [2.05, 4.69) is 5.73 Å². The molecule has 0 aromatic carbocycles. The molecule has 0 radical (unpaired) electrons. The number of quaternary nitrogens is 1. The Hall–Kier alpha value is -1.14. The summed E-state index contributed by atoms with van der Waals surface area (Å²) in [5.74, 6) is -2.61. The molecule has 0 rings (SSSR count). The summed E-state index contributed by atoms with van der Waals surface area (Å²) in [5.41, 5.74) is 3.03. The van der Waals surface area contributed by atoms with Crippen molar-refractivity contribution in [3.05, 3.63) is 0 Å². The fourth-order valence-electron chi connectivity index (χ4n) is 0.294. The van der Waals surface area contributed by atoms with Gasteiger partial charge in [0.2, 0.25) is 0 Å². The molecular formula is C4H9NO5. The summed E-state index contributed by atoms with van der Waals surface area (Å²) in [4.78, 5) is 19.6. The SMILES string of the molecule is O.[NH3+][C@H](CC(=O)O)C(=O)[O-]. The zero-order valence-corrected chi connectivity index (χ0v) is 5.16. The lowest BCUT2D eigenvalue weighted by molar-refractivity contribution is -0.436. The van der Waals surface area contributed by atoms with Gasteiger partial charge in [-0.3, -0.25) is 4.79 Å². The highest BCUT2D eigenvalue weighted by atomic mass is 16.4. The number of carboxylic acid groups (broad SMARTS) is 2. The minimum atomic E-state index is -1.43. The molecule has 0 spiro atoms. The molecular weight excluding hydrogens is 142 g/mol. The maximum atomic E-state index is 9.80. The molecule has 0 aromatic heterocycles. The molecule has 0 fully saturated rings. The van der Waals surface area contributed by atoms with Crippen molar-refractivity contribution in [1.82, 2.24) is 0 Å². The van der Waals surface area contributed by atoms with Crippen LogP contribution in [0.3, 0.4) is 0 Å². The van der Waals surface area contributed by atoms with Crippen LogP contribution >= 0.6 is 0 Å². The van der Waals surface area contributed by atoms with Crippen molar-refractivity contribution in [1.29, 1.82) is 0 Å². The van der Waals surface area contributed by atoms with Crippen LogP contribution in [0.1, 0.15) is 6.42 Å². The van der Waals surface area contributed by atoms with Gasteiger partial charge in [0.1, 0.15) is 12.5 Å². The summed E-state index contributed by atoms with van der Waals surface area (Å²) >= 11 is 0. The van der Waals surface area contributed by atoms with Crippen LogP contribution < -0.4 is 10.8 Å². The number of carbonyl (C=O) groups is 2. The molecule has 0 amide bonds. The first-order valence-corrected chi connectivity index (χ1v) is 2.29. The standard InChI is InChI=1S/C4H7NO4.H2O/c5-2(4(8)9)1-3(6)7;/h2H,1,5H2,(H,6,7)(H,8,9);1H2/t2-;/m1./s1. The van der Waals surface area contributed by atoms with Crippen LogP contribution in [0, 0.1) is 0 Å². The third kappa shape index (κ3) is 5.01. The van der Waals surface area contributed by atoms with Gasteiger partial charge in [-0.05, 0) is 0 Å². The Labute approximate surface area is 56.6 Å². The number of hydrogen-bond donors (Lipinski definition) is 2. The molecule has 0 aliphatic heterocycles. The summed E-state index contributed by atoms with van der Waals surface area (Å²) < 4.78 is 0. The first-order valence-electron chi connectivity index (χ1n) is 2.29. The Kier molecular flexibility index (Phi) is 5.48. The summed E-state index contributed by atoms with van der Waals surface area (Å²) in [5, 5.41) is 17.8. The molecule has 0 heterocycles. The molecule has 6 N–H and O–H groups in total. The molecule has 0 unspecified atom stereocenters. The van der Waals surface area contributed by atoms with Crippen molar-refractivity contribution >= 4 is 11.9 Å². The summed E-state index contributed by atoms with van der Waals surface area (Å²) in [6, 6.07) is -1.15. The van der Waals surface area contributed by atoms with Gasteiger partial charge in [0.05, 0.1) is 5.97 Å². The largest absolute Gasteiger partial charge is 0.544 e. The Morgan fingerprint density at radius 2 is 2.00 bits per heavy atom. The monoisotopic (exact) mass is 151 g/mol. The zero-order valence-electron chi connectivity index (χ0n) is 5.16. The molecule has 0 aliphatic rings. The lowest BCUT2D eigenvalue weighted by Crippen LogP contribution is -2.68. The van der Waals surface area contributed by atoms with E-state index in [1.807, 2.05) is 0 Å². The summed E-state index contributed by atoms with van der Waals surface area (Å²) in [6.45, 7) is 0. The van der Waals surface area contributed by atoms with E-state index in [0.717, 1.165) is 0 Å². The van der Waals surface area contributed by atoms with Crippen molar-refractivity contribution in [2.75, 3.05) is 0 Å². The fraction of sp³-hybridized carbons (Fsp3) is 0.500. The maximum Gasteiger partial charge on any atom is 0.309 e. The van der Waals surface area contributed by atoms with Gasteiger partial charge in [-0.25, -0.2) is 0 Å². The van der Waals surface area contributed by atoms with E-state index in [9.17, 15) is 14.7 Å². The first kappa shape index (κ1) is 11.6. The molecule has 1 atom stereocenters. The van der Waals surface area contributed by atoms with Crippen LogP contribution in [0.5, 0.6) is 0 Å². The van der Waals surface area contributed by atoms with E-state index < -0.39 is 24.4 Å². The minimum Gasteiger partial charge on any atom is -0.544 e. The predicted octanol–water partition coefficient (Wildman–Crippen LogP) is -4.00. The number of hydrogen-bond acceptors (Lipinski definition) is 3. The van der Waals surface area contributed by atoms with E-state index in [1.54, 1.807) is 0 Å². The second-order valence-electron chi connectivity index (χ2n) is 1.61. The highest BCUT2D eigenvalue weighted by Crippen LogP contribution is 1.81. The lowest BCUT2D eigenvalue weighted by atomic mass is 10.2. The average molecular weight is 151 g/mol. The number of aliphatic carboxylic acids is 2. The van der Waals surface area contributed by atoms with Crippen LogP contribution in [-0.4, -0.2) is 28.6 Å². The number of carbonyl (C=O) groups excluding carboxylic acids is 1. The number of carboxylic acids is 2. The fourth-order valence-corrected chi connectivity index (χ4v) is 0.294. The molecule has 0 bridgehead atoms. The van der Waals surface area contributed by atoms with Gasteiger partial charge < -0.3 is 26.2 Å². The van der Waals surface area contributed by atoms with Crippen LogP contribution in [-0.2, 0) is 9.59 Å². The third-order valence-electron chi connectivity index (χ3n) is 0.754. The molecule has 10 heavy (non-hydrogen) atoms. The Bertz CT molecular complexity index is 134. The highest BCUT2D eigenvalue weighted by molar-refractivity contribution is 5.77. The predicted molar refractivity (Wildman–Crippen MR) is 27.5 cm³/mol. The van der Waals surface area contributed by atoms with Crippen LogP contribution in [0.4, 0.5) is 0 Å². The third-order valence-corrected chi connectivity index (χ3v) is 0.754. The topological polar surface area (TPSA) is 137 Å². The van der Waals surface area contributed by atoms with E-state index in [-0.39, 0.29) is 5.48 Å². The molecule has 0 saturated heterocycles. The van der Waals surface area contributed by atoms with Crippen LogP contribution in [0.25, 0.3) is 0 Å². The van der Waals surface area contributed by atoms with Crippen molar-refractivity contribution < 1.29 is 31.0 Å². The average Bonchev–Trinajstić information content (AvgIpc) is 1.63. The van der Waals surface area contributed by atoms with Gasteiger partial charge in [-0.15, -0.1) is 0 Å². The molecule has 6 heteroatoms. The van der Waals surface area contributed by atoms with Crippen LogP contribution in [0.15, 0.2) is 0 Å². The summed E-state index contributed by atoms with van der Waals surface area (Å²) in [6.07, 6.45) is -0.484. The normalized spacial score (nSPS) is 11.3. The van der Waals surface area contributed by atoms with Gasteiger partial charge in [0.15, 0.2) is 0 Å². The molecule has 0 aliphatic carbocycles. The van der Waals surface area contributed by atoms with E-state index in [1.165, 1.54) is 0 Å². The molecule has 0 saturated carbocycles. The quantitative estimate of drug-likeness (QED) is 0.424. The molecule has 60 valence electrons. The van der Waals surface area contributed by atoms with Gasteiger partial charge in [0.25, 0.3) is 0 Å². The van der Waals surface area contributed by atoms with E-state index in [4.69, 9.17) is 5.11 Å². The highest BCUT2D eigenvalue weighted by Gasteiger charge is 2.11. The van der Waals surface area contributed by atoms with Gasteiger partial charge in [0, 0.05) is 0 Å². The molecule has 0 aromatic rings. The van der Waals surface area contributed by atoms with Crippen molar-refractivity contribution in [2.24, 2.45) is 0 Å². The van der Waals surface area contributed by atoms with Gasteiger partial charge in [-0.1, -0.05) is 0 Å². The Balaban J connectivity index is 0. The van der Waals surface area contributed by atoms with E-state index >= 15 is 0 Å². The Morgan fingerprint density at radius 3 is 2.10 bits per heavy atom. The smallest absolute Gasteiger partial charge is 0.309 e. The second-order valence-corrected chi connectivity index (χ2v) is 1.61. The zero-order chi connectivity index (χ0) is 7.44. The van der Waals surface area contributed by atoms with E-state index in [0.29, 0.717) is 0 Å². The van der Waals surface area contributed by atoms with Crippen LogP contribution in [0.2, 0.25) is 0 Å². The lowest BCUT2D eigenvalue weighted by Gasteiger charge is -2.04. The number of rotatable bonds is 3. The van der Waals surface area contributed by atoms with Crippen molar-refractivity contribution in [2.45, 2.75) is 12.5 Å². The minimum absolute atomic E-state index is 0. The first-order chi connectivity index (χ1) is 4.04. The van der Waals surface area contributed by atoms with Gasteiger partial charge in [-0.2, -0.15) is 0 Å². The Morgan fingerprint density at radius 1 is 1.60 bits per heavy atom. The summed E-state index contributed by atoms with van der Waals surface area (Å²) in [7, 11) is 0. The second kappa shape index (κ2) is 4.71. The van der Waals surface area contributed by atoms with Crippen molar-refractivity contribution in [3.63, 3.8) is 0 Å².